The zero-order valence-electron chi connectivity index (χ0n) is 9.02. The molecule has 0 aromatic rings. The van der Waals surface area contributed by atoms with Crippen molar-refractivity contribution in [3.8, 4) is 0 Å². The second kappa shape index (κ2) is 11.9. The summed E-state index contributed by atoms with van der Waals surface area (Å²) in [5, 5.41) is 10.9. The van der Waals surface area contributed by atoms with Crippen molar-refractivity contribution >= 4 is 6.21 Å². The predicted molar refractivity (Wildman–Crippen MR) is 61.9 cm³/mol. The van der Waals surface area contributed by atoms with Gasteiger partial charge in [0, 0.05) is 0 Å². The summed E-state index contributed by atoms with van der Waals surface area (Å²) in [6, 6.07) is 0. The first kappa shape index (κ1) is 12.9. The third-order valence-electron chi connectivity index (χ3n) is 1.99. The van der Waals surface area contributed by atoms with Crippen LogP contribution in [0.2, 0.25) is 0 Å². The van der Waals surface area contributed by atoms with Crippen molar-refractivity contribution in [3.05, 3.63) is 24.3 Å². The summed E-state index contributed by atoms with van der Waals surface area (Å²) in [5.41, 5.74) is 0. The molecule has 2 heteroatoms. The number of hydrogen-bond acceptors (Lipinski definition) is 2. The van der Waals surface area contributed by atoms with Crippen molar-refractivity contribution in [1.82, 2.24) is 0 Å². The average Bonchev–Trinajstić information content (AvgIpc) is 2.21. The molecule has 0 heterocycles. The Morgan fingerprint density at radius 1 is 1.00 bits per heavy atom. The lowest BCUT2D eigenvalue weighted by atomic mass is 10.1. The monoisotopic (exact) mass is 195 g/mol. The number of allylic oxidation sites excluding steroid dienone is 4. The standard InChI is InChI=1S/C12H21NO/c1-2-3-4-5-6-7-8-9-10-11-12-13-14/h8-12,14H,2-7H2,1H3/b9-8-,11-10?,13-12?. The molecule has 0 rings (SSSR count). The summed E-state index contributed by atoms with van der Waals surface area (Å²) in [4.78, 5) is 0. The van der Waals surface area contributed by atoms with Crippen molar-refractivity contribution in [2.75, 3.05) is 0 Å². The van der Waals surface area contributed by atoms with Gasteiger partial charge in [0.1, 0.15) is 0 Å². The normalized spacial score (nSPS) is 12.4. The first-order chi connectivity index (χ1) is 6.91. The van der Waals surface area contributed by atoms with Gasteiger partial charge in [-0.2, -0.15) is 0 Å². The van der Waals surface area contributed by atoms with Gasteiger partial charge in [-0.1, -0.05) is 56.0 Å². The van der Waals surface area contributed by atoms with E-state index in [0.717, 1.165) is 6.42 Å². The Morgan fingerprint density at radius 3 is 2.50 bits per heavy atom. The van der Waals surface area contributed by atoms with Crippen LogP contribution in [0.3, 0.4) is 0 Å². The van der Waals surface area contributed by atoms with Crippen LogP contribution in [-0.2, 0) is 0 Å². The third-order valence-corrected chi connectivity index (χ3v) is 1.99. The van der Waals surface area contributed by atoms with Gasteiger partial charge in [0.2, 0.25) is 0 Å². The molecule has 80 valence electrons. The van der Waals surface area contributed by atoms with Crippen molar-refractivity contribution in [1.29, 1.82) is 0 Å². The van der Waals surface area contributed by atoms with Gasteiger partial charge in [0.15, 0.2) is 0 Å². The van der Waals surface area contributed by atoms with Crippen LogP contribution in [0, 0.1) is 0 Å². The zero-order valence-corrected chi connectivity index (χ0v) is 9.02. The molecule has 0 fully saturated rings. The molecule has 0 unspecified atom stereocenters. The summed E-state index contributed by atoms with van der Waals surface area (Å²) >= 11 is 0. The molecule has 0 aromatic heterocycles. The van der Waals surface area contributed by atoms with Gasteiger partial charge >= 0.3 is 0 Å². The highest BCUT2D eigenvalue weighted by atomic mass is 16.4. The van der Waals surface area contributed by atoms with E-state index in [9.17, 15) is 0 Å². The van der Waals surface area contributed by atoms with Crippen LogP contribution in [0.1, 0.15) is 45.4 Å². The fraction of sp³-hybridized carbons (Fsp3) is 0.583. The first-order valence-corrected chi connectivity index (χ1v) is 5.41. The van der Waals surface area contributed by atoms with Gasteiger partial charge in [0.25, 0.3) is 0 Å². The van der Waals surface area contributed by atoms with Gasteiger partial charge in [-0.15, -0.1) is 0 Å². The lowest BCUT2D eigenvalue weighted by Crippen LogP contribution is -1.75. The second-order valence-electron chi connectivity index (χ2n) is 3.28. The minimum Gasteiger partial charge on any atom is -0.411 e. The van der Waals surface area contributed by atoms with Crippen molar-refractivity contribution in [3.63, 3.8) is 0 Å². The van der Waals surface area contributed by atoms with Gasteiger partial charge < -0.3 is 5.21 Å². The fourth-order valence-corrected chi connectivity index (χ4v) is 1.19. The van der Waals surface area contributed by atoms with E-state index in [2.05, 4.69) is 18.2 Å². The summed E-state index contributed by atoms with van der Waals surface area (Å²) in [6.45, 7) is 2.23. The van der Waals surface area contributed by atoms with E-state index in [1.54, 1.807) is 6.08 Å². The van der Waals surface area contributed by atoms with E-state index < -0.39 is 0 Å². The molecule has 0 radical (unpaired) electrons. The Kier molecular flexibility index (Phi) is 11.1. The molecule has 0 aromatic carbocycles. The van der Waals surface area contributed by atoms with Crippen LogP contribution >= 0.6 is 0 Å². The van der Waals surface area contributed by atoms with Crippen LogP contribution in [0.5, 0.6) is 0 Å². The number of unbranched alkanes of at least 4 members (excludes halogenated alkanes) is 5. The van der Waals surface area contributed by atoms with E-state index in [1.165, 1.54) is 38.3 Å². The summed E-state index contributed by atoms with van der Waals surface area (Å²) in [6.07, 6.45) is 16.8. The topological polar surface area (TPSA) is 32.6 Å². The number of oxime groups is 1. The van der Waals surface area contributed by atoms with E-state index in [-0.39, 0.29) is 0 Å². The minimum absolute atomic E-state index is 1.14. The largest absolute Gasteiger partial charge is 0.411 e. The highest BCUT2D eigenvalue weighted by molar-refractivity contribution is 5.70. The maximum Gasteiger partial charge on any atom is 0.0661 e. The molecule has 0 aliphatic rings. The Hall–Kier alpha value is -1.05. The van der Waals surface area contributed by atoms with Crippen LogP contribution in [-0.4, -0.2) is 11.4 Å². The highest BCUT2D eigenvalue weighted by Crippen LogP contribution is 2.05. The van der Waals surface area contributed by atoms with E-state index >= 15 is 0 Å². The Labute approximate surface area is 87.0 Å². The Morgan fingerprint density at radius 2 is 1.79 bits per heavy atom. The number of rotatable bonds is 8. The van der Waals surface area contributed by atoms with Gasteiger partial charge in [-0.25, -0.2) is 0 Å². The molecule has 0 amide bonds. The SMILES string of the molecule is CCCCCCC/C=C\C=CC=NO. The fourth-order valence-electron chi connectivity index (χ4n) is 1.19. The van der Waals surface area contributed by atoms with E-state index in [1.807, 2.05) is 12.2 Å². The lowest BCUT2D eigenvalue weighted by molar-refractivity contribution is 0.322. The van der Waals surface area contributed by atoms with Gasteiger partial charge in [-0.05, 0) is 18.9 Å². The van der Waals surface area contributed by atoms with Crippen molar-refractivity contribution in [2.45, 2.75) is 45.4 Å². The quantitative estimate of drug-likeness (QED) is 0.206. The predicted octanol–water partition coefficient (Wildman–Crippen LogP) is 3.92. The molecule has 14 heavy (non-hydrogen) atoms. The molecular weight excluding hydrogens is 174 g/mol. The highest BCUT2D eigenvalue weighted by Gasteiger charge is 1.85. The molecular formula is C12H21NO. The van der Waals surface area contributed by atoms with Crippen LogP contribution < -0.4 is 0 Å². The maximum absolute atomic E-state index is 8.08. The van der Waals surface area contributed by atoms with Crippen LogP contribution in [0.15, 0.2) is 29.5 Å². The van der Waals surface area contributed by atoms with Crippen LogP contribution in [0.25, 0.3) is 0 Å². The zero-order chi connectivity index (χ0) is 10.5. The van der Waals surface area contributed by atoms with Crippen molar-refractivity contribution in [2.24, 2.45) is 5.16 Å². The first-order valence-electron chi connectivity index (χ1n) is 5.41. The molecule has 0 saturated heterocycles. The Balaban J connectivity index is 3.18. The molecule has 0 bridgehead atoms. The molecule has 0 aliphatic heterocycles. The van der Waals surface area contributed by atoms with Gasteiger partial charge in [0.05, 0.1) is 6.21 Å². The minimum atomic E-state index is 1.14. The van der Waals surface area contributed by atoms with E-state index in [0.29, 0.717) is 0 Å². The molecule has 2 nitrogen and oxygen atoms in total. The third kappa shape index (κ3) is 11.0. The average molecular weight is 195 g/mol. The summed E-state index contributed by atoms with van der Waals surface area (Å²) < 4.78 is 0. The molecule has 0 saturated carbocycles. The second-order valence-corrected chi connectivity index (χ2v) is 3.28. The molecule has 0 aliphatic carbocycles. The molecule has 1 N–H and O–H groups in total. The smallest absolute Gasteiger partial charge is 0.0661 e. The maximum atomic E-state index is 8.08. The van der Waals surface area contributed by atoms with Crippen LogP contribution in [0.4, 0.5) is 0 Å². The number of nitrogens with zero attached hydrogens (tertiary/aromatic N) is 1. The lowest BCUT2D eigenvalue weighted by Gasteiger charge is -1.95. The van der Waals surface area contributed by atoms with Crippen molar-refractivity contribution < 1.29 is 5.21 Å². The summed E-state index contributed by atoms with van der Waals surface area (Å²) in [7, 11) is 0. The Bertz CT molecular complexity index is 183. The molecule has 0 spiro atoms. The summed E-state index contributed by atoms with van der Waals surface area (Å²) in [5.74, 6) is 0. The number of hydrogen-bond donors (Lipinski definition) is 1. The van der Waals surface area contributed by atoms with E-state index in [4.69, 9.17) is 5.21 Å². The van der Waals surface area contributed by atoms with Gasteiger partial charge in [-0.3, -0.25) is 0 Å². The molecule has 0 atom stereocenters.